The van der Waals surface area contributed by atoms with Crippen LogP contribution in [-0.2, 0) is 4.79 Å². The number of likely N-dealkylation sites (tertiary alicyclic amines) is 1. The first-order chi connectivity index (χ1) is 18.4. The number of carbonyl (C=O) groups excluding carboxylic acids is 1. The zero-order chi connectivity index (χ0) is 26.6. The molecule has 3 heterocycles. The average Bonchev–Trinajstić information content (AvgIpc) is 2.92. The molecular formula is C27H27FN8O2. The number of rotatable bonds is 7. The molecule has 10 nitrogen and oxygen atoms in total. The van der Waals surface area contributed by atoms with Gasteiger partial charge in [-0.2, -0.15) is 9.97 Å². The summed E-state index contributed by atoms with van der Waals surface area (Å²) in [6.07, 6.45) is 5.83. The van der Waals surface area contributed by atoms with Gasteiger partial charge in [-0.3, -0.25) is 14.2 Å². The highest BCUT2D eigenvalue weighted by Crippen LogP contribution is 2.24. The molecular weight excluding hydrogens is 487 g/mol. The molecule has 1 saturated heterocycles. The molecule has 0 spiro atoms. The summed E-state index contributed by atoms with van der Waals surface area (Å²) >= 11 is 0. The number of amides is 1. The summed E-state index contributed by atoms with van der Waals surface area (Å²) in [6, 6.07) is 12.0. The molecule has 2 aromatic heterocycles. The lowest BCUT2D eigenvalue weighted by Crippen LogP contribution is -2.36. The topological polar surface area (TPSA) is 117 Å². The molecule has 5 rings (SSSR count). The Morgan fingerprint density at radius 1 is 1.13 bits per heavy atom. The number of anilines is 4. The molecule has 1 fully saturated rings. The maximum absolute atomic E-state index is 14.9. The molecule has 1 amide bonds. The van der Waals surface area contributed by atoms with Crippen molar-refractivity contribution in [2.45, 2.75) is 18.9 Å². The number of hydrogen-bond donors (Lipinski definition) is 3. The minimum atomic E-state index is -0.478. The fourth-order valence-electron chi connectivity index (χ4n) is 4.33. The Morgan fingerprint density at radius 2 is 1.95 bits per heavy atom. The third-order valence-corrected chi connectivity index (χ3v) is 6.40. The van der Waals surface area contributed by atoms with Crippen LogP contribution in [0.2, 0.25) is 0 Å². The Morgan fingerprint density at radius 3 is 2.71 bits per heavy atom. The van der Waals surface area contributed by atoms with Gasteiger partial charge in [-0.05, 0) is 75.5 Å². The van der Waals surface area contributed by atoms with Crippen molar-refractivity contribution >= 4 is 40.0 Å². The monoisotopic (exact) mass is 514 g/mol. The van der Waals surface area contributed by atoms with Gasteiger partial charge in [0, 0.05) is 23.6 Å². The average molecular weight is 515 g/mol. The van der Waals surface area contributed by atoms with Gasteiger partial charge in [0.25, 0.3) is 5.56 Å². The van der Waals surface area contributed by atoms with Gasteiger partial charge >= 0.3 is 0 Å². The predicted molar refractivity (Wildman–Crippen MR) is 146 cm³/mol. The van der Waals surface area contributed by atoms with Crippen LogP contribution < -0.4 is 21.5 Å². The molecule has 0 atom stereocenters. The molecule has 2 aromatic carbocycles. The second-order valence-electron chi connectivity index (χ2n) is 9.14. The lowest BCUT2D eigenvalue weighted by molar-refractivity contribution is -0.111. The van der Waals surface area contributed by atoms with E-state index in [1.165, 1.54) is 24.7 Å². The first-order valence-corrected chi connectivity index (χ1v) is 12.2. The highest BCUT2D eigenvalue weighted by molar-refractivity contribution is 5.99. The van der Waals surface area contributed by atoms with Crippen LogP contribution in [0.25, 0.3) is 16.7 Å². The predicted octanol–water partition coefficient (Wildman–Crippen LogP) is 3.69. The van der Waals surface area contributed by atoms with Crippen LogP contribution in [0.4, 0.5) is 27.4 Å². The first kappa shape index (κ1) is 25.0. The number of nitrogens with zero attached hydrogens (tertiary/aromatic N) is 5. The summed E-state index contributed by atoms with van der Waals surface area (Å²) in [6.45, 7) is 5.41. The summed E-state index contributed by atoms with van der Waals surface area (Å²) in [5.41, 5.74) is 1.89. The third-order valence-electron chi connectivity index (χ3n) is 6.40. The van der Waals surface area contributed by atoms with E-state index in [0.29, 0.717) is 28.4 Å². The minimum Gasteiger partial charge on any atom is -0.380 e. The van der Waals surface area contributed by atoms with Gasteiger partial charge in [0.1, 0.15) is 17.5 Å². The van der Waals surface area contributed by atoms with Crippen molar-refractivity contribution in [1.82, 2.24) is 24.4 Å². The van der Waals surface area contributed by atoms with Crippen LogP contribution >= 0.6 is 0 Å². The lowest BCUT2D eigenvalue weighted by Gasteiger charge is -2.30. The highest BCUT2D eigenvalue weighted by Gasteiger charge is 2.18. The third kappa shape index (κ3) is 5.52. The van der Waals surface area contributed by atoms with Crippen LogP contribution in [0.15, 0.2) is 72.4 Å². The molecule has 1 aliphatic heterocycles. The highest BCUT2D eigenvalue weighted by atomic mass is 19.1. The first-order valence-electron chi connectivity index (χ1n) is 12.2. The molecule has 0 unspecified atom stereocenters. The Labute approximate surface area is 218 Å². The van der Waals surface area contributed by atoms with Crippen LogP contribution in [0, 0.1) is 5.82 Å². The van der Waals surface area contributed by atoms with Crippen molar-refractivity contribution in [2.24, 2.45) is 0 Å². The molecule has 194 valence electrons. The molecule has 0 aliphatic carbocycles. The van der Waals surface area contributed by atoms with Crippen LogP contribution in [-0.4, -0.2) is 56.5 Å². The van der Waals surface area contributed by atoms with Crippen molar-refractivity contribution in [3.8, 4) is 5.69 Å². The Hall–Kier alpha value is -4.64. The Kier molecular flexibility index (Phi) is 7.09. The Balaban J connectivity index is 1.41. The smallest absolute Gasteiger partial charge is 0.283 e. The second-order valence-corrected chi connectivity index (χ2v) is 9.14. The lowest BCUT2D eigenvalue weighted by atomic mass is 10.1. The van der Waals surface area contributed by atoms with Crippen LogP contribution in [0.3, 0.4) is 0 Å². The molecule has 0 radical (unpaired) electrons. The van der Waals surface area contributed by atoms with E-state index in [4.69, 9.17) is 0 Å². The quantitative estimate of drug-likeness (QED) is 0.320. The van der Waals surface area contributed by atoms with E-state index in [9.17, 15) is 14.0 Å². The summed E-state index contributed by atoms with van der Waals surface area (Å²) in [7, 11) is 2.09. The summed E-state index contributed by atoms with van der Waals surface area (Å²) < 4.78 is 16.5. The van der Waals surface area contributed by atoms with Gasteiger partial charge in [-0.15, -0.1) is 0 Å². The number of halogens is 1. The molecule has 38 heavy (non-hydrogen) atoms. The molecule has 0 saturated carbocycles. The van der Waals surface area contributed by atoms with Crippen molar-refractivity contribution in [3.05, 3.63) is 83.8 Å². The molecule has 4 aromatic rings. The molecule has 0 bridgehead atoms. The molecule has 3 N–H and O–H groups in total. The fourth-order valence-corrected chi connectivity index (χ4v) is 4.33. The van der Waals surface area contributed by atoms with Crippen LogP contribution in [0.1, 0.15) is 12.8 Å². The second kappa shape index (κ2) is 10.8. The number of aromatic nitrogens is 4. The zero-order valence-corrected chi connectivity index (χ0v) is 20.8. The van der Waals surface area contributed by atoms with Crippen LogP contribution in [0.5, 0.6) is 0 Å². The van der Waals surface area contributed by atoms with E-state index in [1.54, 1.807) is 41.0 Å². The standard InChI is InChI=1S/C27H27FN8O2/c1-3-24(37)32-18-5-4-6-20(13-18)36-16-30-26(38)21-15-29-27(34-25(21)36)33-19-7-8-23(22(28)14-19)31-17-9-11-35(2)12-10-17/h3-8,13-17,31H,1,9-12H2,2H3,(H,32,37)(H,29,33,34). The van der Waals surface area contributed by atoms with Gasteiger partial charge in [0.2, 0.25) is 11.9 Å². The summed E-state index contributed by atoms with van der Waals surface area (Å²) in [4.78, 5) is 39.0. The van der Waals surface area contributed by atoms with Gasteiger partial charge in [-0.25, -0.2) is 9.37 Å². The maximum Gasteiger partial charge on any atom is 0.283 e. The number of carbonyl (C=O) groups is 1. The number of fused-ring (bicyclic) bond motifs is 1. The fraction of sp³-hybridized carbons (Fsp3) is 0.222. The minimum absolute atomic E-state index is 0.184. The van der Waals surface area contributed by atoms with E-state index >= 15 is 0 Å². The van der Waals surface area contributed by atoms with Crippen molar-refractivity contribution in [2.75, 3.05) is 36.1 Å². The van der Waals surface area contributed by atoms with Gasteiger partial charge in [0.05, 0.1) is 11.4 Å². The summed E-state index contributed by atoms with van der Waals surface area (Å²) in [5, 5.41) is 9.23. The van der Waals surface area contributed by atoms with E-state index in [2.05, 4.69) is 49.4 Å². The zero-order valence-electron chi connectivity index (χ0n) is 20.8. The number of nitrogens with one attached hydrogen (secondary N) is 3. The maximum atomic E-state index is 14.9. The number of benzene rings is 2. The van der Waals surface area contributed by atoms with E-state index < -0.39 is 5.56 Å². The van der Waals surface area contributed by atoms with E-state index in [-0.39, 0.29) is 29.1 Å². The van der Waals surface area contributed by atoms with E-state index in [0.717, 1.165) is 25.9 Å². The van der Waals surface area contributed by atoms with Crippen molar-refractivity contribution in [1.29, 1.82) is 0 Å². The van der Waals surface area contributed by atoms with Crippen molar-refractivity contribution in [3.63, 3.8) is 0 Å². The number of hydrogen-bond acceptors (Lipinski definition) is 8. The normalized spacial score (nSPS) is 14.3. The van der Waals surface area contributed by atoms with Gasteiger partial charge in [0.15, 0.2) is 5.65 Å². The molecule has 11 heteroatoms. The van der Waals surface area contributed by atoms with Gasteiger partial charge in [-0.1, -0.05) is 12.6 Å². The van der Waals surface area contributed by atoms with E-state index in [1.807, 2.05) is 0 Å². The SMILES string of the molecule is C=CC(=O)Nc1cccc(-n2cnc(=O)c3cnc(Nc4ccc(NC5CCN(C)CC5)c(F)c4)nc32)c1. The van der Waals surface area contributed by atoms with Crippen molar-refractivity contribution < 1.29 is 9.18 Å². The number of piperidine rings is 1. The summed E-state index contributed by atoms with van der Waals surface area (Å²) in [5.74, 6) is -0.545. The molecule has 1 aliphatic rings. The Bertz CT molecular complexity index is 1560. The largest absolute Gasteiger partial charge is 0.380 e. The van der Waals surface area contributed by atoms with Gasteiger partial charge < -0.3 is 20.9 Å².